The molecular formula is C15H27N3O2S. The largest absolute Gasteiger partial charge is 0.481 e. The standard InChI is InChI=1S/C15H27N3O2S/c1-6-17(7-2)8-9-18-12(15(3,4)5)10-16-14(18)21-11-13(19)20/h10H,6-9,11H2,1-5H3,(H,19,20). The predicted octanol–water partition coefficient (Wildman–Crippen LogP) is 2.70. The molecule has 0 saturated carbocycles. The lowest BCUT2D eigenvalue weighted by molar-refractivity contribution is -0.133. The second-order valence-corrected chi connectivity index (χ2v) is 6.98. The number of aliphatic carboxylic acids is 1. The van der Waals surface area contributed by atoms with Gasteiger partial charge in [-0.15, -0.1) is 0 Å². The summed E-state index contributed by atoms with van der Waals surface area (Å²) < 4.78 is 2.17. The number of likely N-dealkylation sites (N-methyl/N-ethyl adjacent to an activating group) is 1. The van der Waals surface area contributed by atoms with Gasteiger partial charge in [0.05, 0.1) is 5.75 Å². The lowest BCUT2D eigenvalue weighted by Gasteiger charge is -2.24. The average Bonchev–Trinajstić information content (AvgIpc) is 2.80. The Labute approximate surface area is 131 Å². The second-order valence-electron chi connectivity index (χ2n) is 6.04. The number of thioether (sulfide) groups is 1. The van der Waals surface area contributed by atoms with E-state index in [4.69, 9.17) is 5.11 Å². The van der Waals surface area contributed by atoms with Crippen molar-refractivity contribution < 1.29 is 9.90 Å². The lowest BCUT2D eigenvalue weighted by Crippen LogP contribution is -2.29. The van der Waals surface area contributed by atoms with Crippen LogP contribution < -0.4 is 0 Å². The van der Waals surface area contributed by atoms with Gasteiger partial charge in [0.2, 0.25) is 0 Å². The number of carbonyl (C=O) groups is 1. The molecule has 0 aliphatic heterocycles. The van der Waals surface area contributed by atoms with E-state index in [9.17, 15) is 4.79 Å². The van der Waals surface area contributed by atoms with Crippen molar-refractivity contribution in [3.8, 4) is 0 Å². The Bertz CT molecular complexity index is 462. The molecule has 0 aromatic carbocycles. The van der Waals surface area contributed by atoms with Crippen LogP contribution in [0.5, 0.6) is 0 Å². The number of hydrogen-bond acceptors (Lipinski definition) is 4. The van der Waals surface area contributed by atoms with Crippen molar-refractivity contribution in [3.05, 3.63) is 11.9 Å². The Morgan fingerprint density at radius 1 is 1.38 bits per heavy atom. The van der Waals surface area contributed by atoms with E-state index in [1.165, 1.54) is 11.8 Å². The van der Waals surface area contributed by atoms with Crippen LogP contribution in [0.3, 0.4) is 0 Å². The summed E-state index contributed by atoms with van der Waals surface area (Å²) in [6.07, 6.45) is 1.88. The molecular weight excluding hydrogens is 286 g/mol. The van der Waals surface area contributed by atoms with Gasteiger partial charge in [0.15, 0.2) is 5.16 Å². The van der Waals surface area contributed by atoms with Crippen LogP contribution in [0.15, 0.2) is 11.4 Å². The van der Waals surface area contributed by atoms with Crippen molar-refractivity contribution in [2.75, 3.05) is 25.4 Å². The SMILES string of the molecule is CCN(CC)CCn1c(C(C)(C)C)cnc1SCC(=O)O. The van der Waals surface area contributed by atoms with Gasteiger partial charge in [-0.2, -0.15) is 0 Å². The minimum Gasteiger partial charge on any atom is -0.481 e. The van der Waals surface area contributed by atoms with Crippen molar-refractivity contribution in [2.45, 2.75) is 51.7 Å². The molecule has 1 aromatic heterocycles. The minimum atomic E-state index is -0.810. The van der Waals surface area contributed by atoms with E-state index in [0.29, 0.717) is 0 Å². The maximum Gasteiger partial charge on any atom is 0.313 e. The molecule has 5 nitrogen and oxygen atoms in total. The van der Waals surface area contributed by atoms with Crippen LogP contribution in [-0.2, 0) is 16.8 Å². The maximum atomic E-state index is 10.8. The third-order valence-corrected chi connectivity index (χ3v) is 4.42. The first-order chi connectivity index (χ1) is 9.79. The normalized spacial score (nSPS) is 12.1. The molecule has 6 heteroatoms. The van der Waals surface area contributed by atoms with Crippen molar-refractivity contribution >= 4 is 17.7 Å². The minimum absolute atomic E-state index is 0.00169. The maximum absolute atomic E-state index is 10.8. The van der Waals surface area contributed by atoms with Gasteiger partial charge in [-0.05, 0) is 13.1 Å². The molecule has 0 bridgehead atoms. The Morgan fingerprint density at radius 3 is 2.48 bits per heavy atom. The number of carboxylic acids is 1. The van der Waals surface area contributed by atoms with E-state index in [2.05, 4.69) is 49.1 Å². The van der Waals surface area contributed by atoms with E-state index in [0.717, 1.165) is 37.0 Å². The summed E-state index contributed by atoms with van der Waals surface area (Å²) >= 11 is 1.29. The smallest absolute Gasteiger partial charge is 0.313 e. The molecule has 0 aliphatic rings. The number of rotatable bonds is 8. The number of aromatic nitrogens is 2. The molecule has 0 atom stereocenters. The fourth-order valence-electron chi connectivity index (χ4n) is 2.20. The van der Waals surface area contributed by atoms with Crippen molar-refractivity contribution in [1.82, 2.24) is 14.5 Å². The second kappa shape index (κ2) is 7.84. The van der Waals surface area contributed by atoms with E-state index in [1.54, 1.807) is 0 Å². The quantitative estimate of drug-likeness (QED) is 0.748. The molecule has 0 saturated heterocycles. The number of carboxylic acid groups (broad SMARTS) is 1. The first kappa shape index (κ1) is 18.0. The molecule has 0 fully saturated rings. The van der Waals surface area contributed by atoms with E-state index >= 15 is 0 Å². The van der Waals surface area contributed by atoms with Gasteiger partial charge in [-0.25, -0.2) is 4.98 Å². The highest BCUT2D eigenvalue weighted by atomic mass is 32.2. The third kappa shape index (κ3) is 5.36. The monoisotopic (exact) mass is 313 g/mol. The first-order valence-electron chi connectivity index (χ1n) is 7.42. The highest BCUT2D eigenvalue weighted by molar-refractivity contribution is 7.99. The van der Waals surface area contributed by atoms with Crippen molar-refractivity contribution in [3.63, 3.8) is 0 Å². The topological polar surface area (TPSA) is 58.4 Å². The summed E-state index contributed by atoms with van der Waals surface area (Å²) in [7, 11) is 0. The van der Waals surface area contributed by atoms with Crippen LogP contribution in [0.1, 0.15) is 40.3 Å². The van der Waals surface area contributed by atoms with Crippen LogP contribution >= 0.6 is 11.8 Å². The van der Waals surface area contributed by atoms with E-state index < -0.39 is 5.97 Å². The lowest BCUT2D eigenvalue weighted by atomic mass is 9.92. The summed E-state index contributed by atoms with van der Waals surface area (Å²) in [5.74, 6) is -0.762. The van der Waals surface area contributed by atoms with Crippen LogP contribution in [0.2, 0.25) is 0 Å². The predicted molar refractivity (Wildman–Crippen MR) is 87.1 cm³/mol. The summed E-state index contributed by atoms with van der Waals surface area (Å²) in [6.45, 7) is 14.6. The van der Waals surface area contributed by atoms with Gasteiger partial charge >= 0.3 is 5.97 Å². The number of nitrogens with zero attached hydrogens (tertiary/aromatic N) is 3. The van der Waals surface area contributed by atoms with Gasteiger partial charge in [0, 0.05) is 30.4 Å². The van der Waals surface area contributed by atoms with Crippen molar-refractivity contribution in [1.29, 1.82) is 0 Å². The van der Waals surface area contributed by atoms with Gasteiger partial charge in [-0.3, -0.25) is 4.79 Å². The van der Waals surface area contributed by atoms with Gasteiger partial charge in [0.1, 0.15) is 0 Å². The fraction of sp³-hybridized carbons (Fsp3) is 0.733. The Hall–Kier alpha value is -1.01. The molecule has 1 N–H and O–H groups in total. The molecule has 0 radical (unpaired) electrons. The first-order valence-corrected chi connectivity index (χ1v) is 8.41. The highest BCUT2D eigenvalue weighted by Crippen LogP contribution is 2.27. The fourth-order valence-corrected chi connectivity index (χ4v) is 2.92. The summed E-state index contributed by atoms with van der Waals surface area (Å²) in [5, 5.41) is 9.66. The Kier molecular flexibility index (Phi) is 6.74. The molecule has 0 spiro atoms. The molecule has 0 unspecified atom stereocenters. The number of hydrogen-bond donors (Lipinski definition) is 1. The summed E-state index contributed by atoms with van der Waals surface area (Å²) in [4.78, 5) is 17.6. The van der Waals surface area contributed by atoms with Crippen LogP contribution in [-0.4, -0.2) is 50.9 Å². The molecule has 120 valence electrons. The summed E-state index contributed by atoms with van der Waals surface area (Å²) in [5.41, 5.74) is 1.15. The van der Waals surface area contributed by atoms with Crippen LogP contribution in [0.25, 0.3) is 0 Å². The molecule has 1 rings (SSSR count). The average molecular weight is 313 g/mol. The van der Waals surface area contributed by atoms with E-state index in [-0.39, 0.29) is 11.2 Å². The van der Waals surface area contributed by atoms with Gasteiger partial charge in [-0.1, -0.05) is 46.4 Å². The highest BCUT2D eigenvalue weighted by Gasteiger charge is 2.22. The van der Waals surface area contributed by atoms with Gasteiger partial charge in [0.25, 0.3) is 0 Å². The molecule has 1 aromatic rings. The zero-order chi connectivity index (χ0) is 16.0. The van der Waals surface area contributed by atoms with Gasteiger partial charge < -0.3 is 14.6 Å². The molecule has 0 aliphatic carbocycles. The zero-order valence-electron chi connectivity index (χ0n) is 13.7. The summed E-state index contributed by atoms with van der Waals surface area (Å²) in [6, 6.07) is 0. The van der Waals surface area contributed by atoms with Crippen LogP contribution in [0, 0.1) is 0 Å². The zero-order valence-corrected chi connectivity index (χ0v) is 14.5. The van der Waals surface area contributed by atoms with Crippen molar-refractivity contribution in [2.24, 2.45) is 0 Å². The number of imidazole rings is 1. The Balaban J connectivity index is 2.94. The Morgan fingerprint density at radius 2 is 2.00 bits per heavy atom. The molecule has 1 heterocycles. The van der Waals surface area contributed by atoms with E-state index in [1.807, 2.05) is 6.20 Å². The third-order valence-electron chi connectivity index (χ3n) is 3.45. The molecule has 21 heavy (non-hydrogen) atoms. The molecule has 0 amide bonds. The van der Waals surface area contributed by atoms with Crippen LogP contribution in [0.4, 0.5) is 0 Å².